The minimum atomic E-state index is -4.82. The fourth-order valence-electron chi connectivity index (χ4n) is 2.60. The van der Waals surface area contributed by atoms with Crippen LogP contribution in [0, 0.1) is 6.92 Å². The molecule has 0 bridgehead atoms. The molecule has 0 radical (unpaired) electrons. The highest BCUT2D eigenvalue weighted by atomic mass is 19.4. The van der Waals surface area contributed by atoms with Crippen molar-refractivity contribution >= 4 is 23.4 Å². The maximum Gasteiger partial charge on any atom is 0.573 e. The molecule has 0 aliphatic carbocycles. The number of anilines is 3. The molecular weight excluding hydrogens is 401 g/mol. The molecule has 0 unspecified atom stereocenters. The van der Waals surface area contributed by atoms with Gasteiger partial charge in [0.1, 0.15) is 18.1 Å². The number of aromatic nitrogens is 2. The van der Waals surface area contributed by atoms with E-state index in [2.05, 4.69) is 25.3 Å². The number of para-hydroxylation sites is 1. The third kappa shape index (κ3) is 5.84. The fourth-order valence-corrected chi connectivity index (χ4v) is 2.60. The highest BCUT2D eigenvalue weighted by Gasteiger charge is 2.31. The van der Waals surface area contributed by atoms with E-state index >= 15 is 0 Å². The van der Waals surface area contributed by atoms with Crippen LogP contribution in [-0.2, 0) is 4.79 Å². The number of aliphatic carboxylic acids is 1. The van der Waals surface area contributed by atoms with Gasteiger partial charge in [-0.25, -0.2) is 4.98 Å². The fraction of sp³-hybridized carbons (Fsp3) is 0.150. The Bertz CT molecular complexity index is 1060. The number of hydrogen-bond donors (Lipinski definition) is 3. The van der Waals surface area contributed by atoms with Crippen LogP contribution >= 0.6 is 0 Å². The van der Waals surface area contributed by atoms with Gasteiger partial charge in [0, 0.05) is 17.3 Å². The summed E-state index contributed by atoms with van der Waals surface area (Å²) < 4.78 is 41.6. The van der Waals surface area contributed by atoms with Crippen molar-refractivity contribution in [1.29, 1.82) is 0 Å². The maximum atomic E-state index is 12.5. The Balaban J connectivity index is 1.98. The summed E-state index contributed by atoms with van der Waals surface area (Å²) in [4.78, 5) is 19.3. The molecule has 0 saturated carbocycles. The lowest BCUT2D eigenvalue weighted by molar-refractivity contribution is -0.274. The Kier molecular flexibility index (Phi) is 6.05. The van der Waals surface area contributed by atoms with E-state index in [4.69, 9.17) is 5.11 Å². The second-order valence-corrected chi connectivity index (χ2v) is 6.22. The molecule has 0 amide bonds. The zero-order valence-electron chi connectivity index (χ0n) is 15.7. The molecule has 3 aromatic rings. The van der Waals surface area contributed by atoms with Crippen molar-refractivity contribution in [1.82, 2.24) is 9.97 Å². The van der Waals surface area contributed by atoms with Crippen molar-refractivity contribution in [2.45, 2.75) is 13.3 Å². The summed E-state index contributed by atoms with van der Waals surface area (Å²) in [7, 11) is 0. The lowest BCUT2D eigenvalue weighted by Crippen LogP contribution is -2.17. The molecule has 10 heteroatoms. The number of carboxylic acids is 1. The predicted octanol–water partition coefficient (Wildman–Crippen LogP) is 4.59. The number of carboxylic acid groups (broad SMARTS) is 1. The maximum absolute atomic E-state index is 12.5. The molecule has 2 aromatic carbocycles. The zero-order valence-corrected chi connectivity index (χ0v) is 15.7. The largest absolute Gasteiger partial charge is 0.573 e. The number of alkyl halides is 3. The Labute approximate surface area is 169 Å². The topological polar surface area (TPSA) is 96.4 Å². The first kappa shape index (κ1) is 20.9. The monoisotopic (exact) mass is 418 g/mol. The molecule has 3 rings (SSSR count). The van der Waals surface area contributed by atoms with Crippen LogP contribution in [0.1, 0.15) is 5.56 Å². The quantitative estimate of drug-likeness (QED) is 0.516. The summed E-state index contributed by atoms with van der Waals surface area (Å²) in [6.45, 7) is 1.47. The molecule has 156 valence electrons. The van der Waals surface area contributed by atoms with Crippen LogP contribution in [0.25, 0.3) is 11.3 Å². The van der Waals surface area contributed by atoms with Gasteiger partial charge in [0.2, 0.25) is 5.95 Å². The van der Waals surface area contributed by atoms with Gasteiger partial charge >= 0.3 is 12.3 Å². The van der Waals surface area contributed by atoms with Gasteiger partial charge < -0.3 is 20.5 Å². The Morgan fingerprint density at radius 2 is 1.87 bits per heavy atom. The molecule has 7 nitrogen and oxygen atoms in total. The molecule has 0 aliphatic rings. The first-order valence-corrected chi connectivity index (χ1v) is 8.73. The van der Waals surface area contributed by atoms with Crippen LogP contribution < -0.4 is 15.4 Å². The average Bonchev–Trinajstić information content (AvgIpc) is 2.67. The van der Waals surface area contributed by atoms with Gasteiger partial charge in [0.15, 0.2) is 0 Å². The normalized spacial score (nSPS) is 11.1. The van der Waals surface area contributed by atoms with Crippen molar-refractivity contribution in [3.8, 4) is 17.0 Å². The van der Waals surface area contributed by atoms with Crippen LogP contribution in [-0.4, -0.2) is 34.0 Å². The standard InChI is InChI=1S/C20H17F3N4O3/c1-12-5-2-3-8-15(12)25-17-10-16(26-19(27-17)24-11-18(28)29)13-6-4-7-14(9-13)30-20(21,22)23/h2-10H,11H2,1H3,(H,28,29)(H2,24,25,26,27). The first-order chi connectivity index (χ1) is 14.2. The zero-order chi connectivity index (χ0) is 21.7. The molecule has 1 heterocycles. The average molecular weight is 418 g/mol. The van der Waals surface area contributed by atoms with Gasteiger partial charge in [-0.1, -0.05) is 30.3 Å². The molecule has 1 aromatic heterocycles. The number of rotatable bonds is 7. The van der Waals surface area contributed by atoms with Crippen LogP contribution in [0.5, 0.6) is 5.75 Å². The third-order valence-electron chi connectivity index (χ3n) is 3.90. The predicted molar refractivity (Wildman–Crippen MR) is 105 cm³/mol. The molecule has 0 fully saturated rings. The van der Waals surface area contributed by atoms with Crippen molar-refractivity contribution in [2.24, 2.45) is 0 Å². The minimum Gasteiger partial charge on any atom is -0.480 e. The van der Waals surface area contributed by atoms with E-state index in [9.17, 15) is 18.0 Å². The summed E-state index contributed by atoms with van der Waals surface area (Å²) >= 11 is 0. The van der Waals surface area contributed by atoms with Crippen LogP contribution in [0.15, 0.2) is 54.6 Å². The number of halogens is 3. The Morgan fingerprint density at radius 1 is 1.10 bits per heavy atom. The van der Waals surface area contributed by atoms with Gasteiger partial charge in [-0.15, -0.1) is 13.2 Å². The van der Waals surface area contributed by atoms with Crippen LogP contribution in [0.2, 0.25) is 0 Å². The summed E-state index contributed by atoms with van der Waals surface area (Å²) in [5, 5.41) is 14.6. The van der Waals surface area contributed by atoms with E-state index in [1.807, 2.05) is 31.2 Å². The highest BCUT2D eigenvalue weighted by Crippen LogP contribution is 2.29. The number of hydrogen-bond acceptors (Lipinski definition) is 6. The van der Waals surface area contributed by atoms with E-state index < -0.39 is 24.6 Å². The summed E-state index contributed by atoms with van der Waals surface area (Å²) in [6, 6.07) is 14.3. The number of aryl methyl sites for hydroxylation is 1. The van der Waals surface area contributed by atoms with E-state index in [0.29, 0.717) is 11.4 Å². The van der Waals surface area contributed by atoms with Crippen molar-refractivity contribution in [3.05, 3.63) is 60.2 Å². The van der Waals surface area contributed by atoms with Gasteiger partial charge in [0.05, 0.1) is 5.69 Å². The molecular formula is C20H17F3N4O3. The van der Waals surface area contributed by atoms with Gasteiger partial charge in [0.25, 0.3) is 0 Å². The van der Waals surface area contributed by atoms with E-state index in [1.165, 1.54) is 18.2 Å². The number of ether oxygens (including phenoxy) is 1. The van der Waals surface area contributed by atoms with E-state index in [1.54, 1.807) is 12.1 Å². The van der Waals surface area contributed by atoms with Gasteiger partial charge in [-0.2, -0.15) is 4.98 Å². The molecule has 30 heavy (non-hydrogen) atoms. The van der Waals surface area contributed by atoms with E-state index in [-0.39, 0.29) is 11.6 Å². The van der Waals surface area contributed by atoms with Crippen molar-refractivity contribution < 1.29 is 27.8 Å². The molecule has 0 saturated heterocycles. The molecule has 0 spiro atoms. The highest BCUT2D eigenvalue weighted by molar-refractivity contribution is 5.73. The first-order valence-electron chi connectivity index (χ1n) is 8.73. The third-order valence-corrected chi connectivity index (χ3v) is 3.90. The lowest BCUT2D eigenvalue weighted by atomic mass is 10.1. The van der Waals surface area contributed by atoms with Gasteiger partial charge in [-0.05, 0) is 30.7 Å². The number of nitrogens with zero attached hydrogens (tertiary/aromatic N) is 2. The summed E-state index contributed by atoms with van der Waals surface area (Å²) in [5.74, 6) is -1.16. The second-order valence-electron chi connectivity index (χ2n) is 6.22. The minimum absolute atomic E-state index is 0.00752. The smallest absolute Gasteiger partial charge is 0.480 e. The van der Waals surface area contributed by atoms with Crippen LogP contribution in [0.4, 0.5) is 30.6 Å². The molecule has 3 N–H and O–H groups in total. The SMILES string of the molecule is Cc1ccccc1Nc1cc(-c2cccc(OC(F)(F)F)c2)nc(NCC(=O)O)n1. The molecule has 0 atom stereocenters. The van der Waals surface area contributed by atoms with Crippen molar-refractivity contribution in [2.75, 3.05) is 17.2 Å². The van der Waals surface area contributed by atoms with E-state index in [0.717, 1.165) is 11.3 Å². The molecule has 0 aliphatic heterocycles. The van der Waals surface area contributed by atoms with Crippen molar-refractivity contribution in [3.63, 3.8) is 0 Å². The second kappa shape index (κ2) is 8.68. The lowest BCUT2D eigenvalue weighted by Gasteiger charge is -2.13. The summed E-state index contributed by atoms with van der Waals surface area (Å²) in [6.07, 6.45) is -4.82. The summed E-state index contributed by atoms with van der Waals surface area (Å²) in [5.41, 5.74) is 2.32. The Morgan fingerprint density at radius 3 is 2.57 bits per heavy atom. The number of benzene rings is 2. The van der Waals surface area contributed by atoms with Gasteiger partial charge in [-0.3, -0.25) is 4.79 Å². The van der Waals surface area contributed by atoms with Crippen LogP contribution in [0.3, 0.4) is 0 Å². The number of carbonyl (C=O) groups is 1. The number of nitrogens with one attached hydrogen (secondary N) is 2. The Hall–Kier alpha value is -3.82.